The van der Waals surface area contributed by atoms with Crippen molar-refractivity contribution in [2.24, 2.45) is 0 Å². The third-order valence-electron chi connectivity index (χ3n) is 6.41. The average Bonchev–Trinajstić information content (AvgIpc) is 3.48. The second-order valence-corrected chi connectivity index (χ2v) is 9.05. The van der Waals surface area contributed by atoms with Crippen molar-refractivity contribution in [3.05, 3.63) is 59.5 Å². The molecule has 2 N–H and O–H groups in total. The number of aliphatic hydroxyl groups excluding tert-OH is 1. The van der Waals surface area contributed by atoms with Gasteiger partial charge in [0.05, 0.1) is 23.5 Å². The first-order chi connectivity index (χ1) is 17.4. The minimum absolute atomic E-state index is 0.190. The van der Waals surface area contributed by atoms with E-state index in [9.17, 15) is 5.11 Å². The summed E-state index contributed by atoms with van der Waals surface area (Å²) in [4.78, 5) is 16.8. The quantitative estimate of drug-likeness (QED) is 0.385. The Balaban J connectivity index is 1.56. The summed E-state index contributed by atoms with van der Waals surface area (Å²) >= 11 is 0. The zero-order valence-electron chi connectivity index (χ0n) is 21.0. The highest BCUT2D eigenvalue weighted by Gasteiger charge is 2.25. The molecule has 3 aromatic heterocycles. The van der Waals surface area contributed by atoms with Crippen LogP contribution in [0.1, 0.15) is 22.8 Å². The van der Waals surface area contributed by atoms with Gasteiger partial charge in [-0.05, 0) is 40.0 Å². The van der Waals surface area contributed by atoms with E-state index in [1.165, 1.54) is 0 Å². The molecule has 0 radical (unpaired) electrons. The van der Waals surface area contributed by atoms with Gasteiger partial charge in [-0.2, -0.15) is 0 Å². The fourth-order valence-electron chi connectivity index (χ4n) is 4.57. The molecule has 10 heteroatoms. The standard InChI is InChI=1S/C26H31N7O3/c1-16-24(23-17(2)31-36-18(23)3)29-25(19-6-5-7-21(12-19)35-15-20(34)13-27-4)30-26(16)33-11-10-32-9-8-28-22(32)14-33/h5-9,12,20,27,34H,10-11,13-15H2,1-4H3. The molecule has 4 heterocycles. The summed E-state index contributed by atoms with van der Waals surface area (Å²) in [6.07, 6.45) is 3.25. The van der Waals surface area contributed by atoms with Crippen LogP contribution in [0.25, 0.3) is 22.6 Å². The number of rotatable bonds is 8. The van der Waals surface area contributed by atoms with Crippen molar-refractivity contribution in [2.45, 2.75) is 40.0 Å². The molecule has 0 amide bonds. The lowest BCUT2D eigenvalue weighted by Gasteiger charge is -2.30. The van der Waals surface area contributed by atoms with Crippen LogP contribution in [-0.2, 0) is 13.1 Å². The van der Waals surface area contributed by atoms with E-state index in [2.05, 4.69) is 24.9 Å². The van der Waals surface area contributed by atoms with E-state index in [-0.39, 0.29) is 6.61 Å². The summed E-state index contributed by atoms with van der Waals surface area (Å²) in [6, 6.07) is 7.64. The van der Waals surface area contributed by atoms with Crippen LogP contribution in [0.5, 0.6) is 5.75 Å². The molecule has 0 saturated carbocycles. The van der Waals surface area contributed by atoms with Gasteiger partial charge in [0, 0.05) is 43.2 Å². The van der Waals surface area contributed by atoms with Crippen molar-refractivity contribution in [1.82, 2.24) is 30.0 Å². The van der Waals surface area contributed by atoms with E-state index in [1.54, 1.807) is 7.05 Å². The van der Waals surface area contributed by atoms with Gasteiger partial charge < -0.3 is 29.2 Å². The highest BCUT2D eigenvalue weighted by atomic mass is 16.5. The van der Waals surface area contributed by atoms with Crippen LogP contribution in [0.15, 0.2) is 41.2 Å². The summed E-state index contributed by atoms with van der Waals surface area (Å²) < 4.78 is 13.5. The maximum absolute atomic E-state index is 10.0. The normalized spacial score (nSPS) is 14.1. The first kappa shape index (κ1) is 24.0. The van der Waals surface area contributed by atoms with Crippen LogP contribution in [0.2, 0.25) is 0 Å². The van der Waals surface area contributed by atoms with Crippen LogP contribution in [-0.4, -0.2) is 62.6 Å². The van der Waals surface area contributed by atoms with E-state index < -0.39 is 6.10 Å². The lowest BCUT2D eigenvalue weighted by molar-refractivity contribution is 0.108. The summed E-state index contributed by atoms with van der Waals surface area (Å²) in [7, 11) is 1.79. The maximum atomic E-state index is 10.0. The molecule has 1 aromatic carbocycles. The van der Waals surface area contributed by atoms with E-state index in [4.69, 9.17) is 19.2 Å². The van der Waals surface area contributed by atoms with Gasteiger partial charge in [-0.15, -0.1) is 0 Å². The molecule has 1 aliphatic rings. The molecule has 1 unspecified atom stereocenters. The molecule has 36 heavy (non-hydrogen) atoms. The van der Waals surface area contributed by atoms with Gasteiger partial charge in [0.15, 0.2) is 5.82 Å². The zero-order valence-corrected chi connectivity index (χ0v) is 21.0. The van der Waals surface area contributed by atoms with Crippen molar-refractivity contribution < 1.29 is 14.4 Å². The van der Waals surface area contributed by atoms with Crippen LogP contribution in [0.3, 0.4) is 0 Å². The van der Waals surface area contributed by atoms with E-state index >= 15 is 0 Å². The number of nitrogens with zero attached hydrogens (tertiary/aromatic N) is 6. The highest BCUT2D eigenvalue weighted by Crippen LogP contribution is 2.35. The van der Waals surface area contributed by atoms with Gasteiger partial charge in [0.2, 0.25) is 0 Å². The van der Waals surface area contributed by atoms with Gasteiger partial charge >= 0.3 is 0 Å². The number of aliphatic hydroxyl groups is 1. The van der Waals surface area contributed by atoms with Crippen molar-refractivity contribution in [1.29, 1.82) is 0 Å². The predicted molar refractivity (Wildman–Crippen MR) is 136 cm³/mol. The van der Waals surface area contributed by atoms with Crippen LogP contribution >= 0.6 is 0 Å². The molecule has 1 aliphatic heterocycles. The maximum Gasteiger partial charge on any atom is 0.162 e. The molecule has 188 valence electrons. The van der Waals surface area contributed by atoms with Crippen molar-refractivity contribution in [3.8, 4) is 28.4 Å². The summed E-state index contributed by atoms with van der Waals surface area (Å²) in [5.41, 5.74) is 4.27. The zero-order chi connectivity index (χ0) is 25.2. The Bertz CT molecular complexity index is 1340. The topological polar surface area (TPSA) is 114 Å². The van der Waals surface area contributed by atoms with E-state index in [0.717, 1.165) is 58.6 Å². The third-order valence-corrected chi connectivity index (χ3v) is 6.41. The van der Waals surface area contributed by atoms with E-state index in [1.807, 2.05) is 57.4 Å². The lowest BCUT2D eigenvalue weighted by atomic mass is 10.0. The second-order valence-electron chi connectivity index (χ2n) is 9.05. The molecular weight excluding hydrogens is 458 g/mol. The molecule has 0 aliphatic carbocycles. The molecule has 0 spiro atoms. The fraction of sp³-hybridized carbons (Fsp3) is 0.385. The molecule has 0 bridgehead atoms. The Hall–Kier alpha value is -3.76. The first-order valence-corrected chi connectivity index (χ1v) is 12.1. The van der Waals surface area contributed by atoms with Gasteiger partial charge in [0.25, 0.3) is 0 Å². The highest BCUT2D eigenvalue weighted by molar-refractivity contribution is 5.75. The first-order valence-electron chi connectivity index (χ1n) is 12.1. The number of hydrogen-bond acceptors (Lipinski definition) is 9. The number of ether oxygens (including phenoxy) is 1. The Morgan fingerprint density at radius 2 is 2.06 bits per heavy atom. The SMILES string of the molecule is CNCC(O)COc1cccc(-c2nc(-c3c(C)noc3C)c(C)c(N3CCn4ccnc4C3)n2)c1. The molecule has 5 rings (SSSR count). The van der Waals surface area contributed by atoms with Gasteiger partial charge in [-0.1, -0.05) is 17.3 Å². The Kier molecular flexibility index (Phi) is 6.71. The Morgan fingerprint density at radius 3 is 2.83 bits per heavy atom. The molecule has 4 aromatic rings. The number of fused-ring (bicyclic) bond motifs is 1. The van der Waals surface area contributed by atoms with Gasteiger partial charge in [-0.3, -0.25) is 0 Å². The minimum atomic E-state index is -0.598. The van der Waals surface area contributed by atoms with Crippen LogP contribution < -0.4 is 15.0 Å². The number of anilines is 1. The van der Waals surface area contributed by atoms with Crippen molar-refractivity contribution in [2.75, 3.05) is 31.6 Å². The largest absolute Gasteiger partial charge is 0.491 e. The molecule has 10 nitrogen and oxygen atoms in total. The number of aromatic nitrogens is 5. The fourth-order valence-corrected chi connectivity index (χ4v) is 4.57. The predicted octanol–water partition coefficient (Wildman–Crippen LogP) is 2.90. The number of imidazole rings is 1. The van der Waals surface area contributed by atoms with Crippen LogP contribution in [0, 0.1) is 20.8 Å². The Morgan fingerprint density at radius 1 is 1.19 bits per heavy atom. The van der Waals surface area contributed by atoms with Crippen LogP contribution in [0.4, 0.5) is 5.82 Å². The lowest BCUT2D eigenvalue weighted by Crippen LogP contribution is -2.35. The average molecular weight is 490 g/mol. The van der Waals surface area contributed by atoms with Crippen molar-refractivity contribution >= 4 is 5.82 Å². The minimum Gasteiger partial charge on any atom is -0.491 e. The summed E-state index contributed by atoms with van der Waals surface area (Å²) in [5.74, 6) is 3.82. The molecule has 1 atom stereocenters. The van der Waals surface area contributed by atoms with Gasteiger partial charge in [-0.25, -0.2) is 15.0 Å². The summed E-state index contributed by atoms with van der Waals surface area (Å²) in [6.45, 7) is 8.84. The molecule has 0 fully saturated rings. The smallest absolute Gasteiger partial charge is 0.162 e. The number of hydrogen-bond donors (Lipinski definition) is 2. The number of benzene rings is 1. The molecule has 0 saturated heterocycles. The number of likely N-dealkylation sites (N-methyl/N-ethyl adjacent to an activating group) is 1. The van der Waals surface area contributed by atoms with Gasteiger partial charge in [0.1, 0.15) is 35.9 Å². The third kappa shape index (κ3) is 4.69. The Labute approximate surface area is 210 Å². The summed E-state index contributed by atoms with van der Waals surface area (Å²) in [5, 5.41) is 17.1. The monoisotopic (exact) mass is 489 g/mol. The number of nitrogens with one attached hydrogen (secondary N) is 1. The van der Waals surface area contributed by atoms with Crippen molar-refractivity contribution in [3.63, 3.8) is 0 Å². The second kappa shape index (κ2) is 10.1. The van der Waals surface area contributed by atoms with E-state index in [0.29, 0.717) is 24.7 Å². The molecular formula is C26H31N7O3. The number of aryl methyl sites for hydroxylation is 2.